The van der Waals surface area contributed by atoms with E-state index >= 15 is 0 Å². The highest BCUT2D eigenvalue weighted by atomic mass is 19.1. The van der Waals surface area contributed by atoms with Gasteiger partial charge in [-0.1, -0.05) is 42.5 Å². The van der Waals surface area contributed by atoms with Crippen molar-refractivity contribution in [3.05, 3.63) is 71.5 Å². The van der Waals surface area contributed by atoms with Gasteiger partial charge in [0.1, 0.15) is 5.82 Å². The van der Waals surface area contributed by atoms with Gasteiger partial charge < -0.3 is 5.73 Å². The average Bonchev–Trinajstić information content (AvgIpc) is 2.38. The maximum absolute atomic E-state index is 13.5. The number of halogens is 1. The molecule has 0 amide bonds. The van der Waals surface area contributed by atoms with Crippen LogP contribution in [0.1, 0.15) is 23.6 Å². The maximum atomic E-state index is 13.5. The van der Waals surface area contributed by atoms with E-state index in [1.807, 2.05) is 18.2 Å². The van der Waals surface area contributed by atoms with Crippen LogP contribution >= 0.6 is 0 Å². The fraction of sp³-hybridized carbons (Fsp3) is 0.200. The highest BCUT2D eigenvalue weighted by Gasteiger charge is 2.10. The Hall–Kier alpha value is -1.67. The molecule has 87 valence electrons. The zero-order chi connectivity index (χ0) is 12.1. The largest absolute Gasteiger partial charge is 0.324 e. The molecule has 0 aliphatic rings. The lowest BCUT2D eigenvalue weighted by Crippen LogP contribution is -2.13. The molecule has 0 heterocycles. The average molecular weight is 228 g/mol. The fourth-order valence-corrected chi connectivity index (χ4v) is 1.82. The van der Waals surface area contributed by atoms with Crippen molar-refractivity contribution in [2.75, 3.05) is 0 Å². The molecule has 0 unspecified atom stereocenters. The number of hydrogen-bond acceptors (Lipinski definition) is 1. The third-order valence-corrected chi connectivity index (χ3v) is 2.79. The van der Waals surface area contributed by atoms with Gasteiger partial charge in [0.05, 0.1) is 0 Å². The summed E-state index contributed by atoms with van der Waals surface area (Å²) < 4.78 is 13.5. The Bertz CT molecular complexity index is 467. The van der Waals surface area contributed by atoms with Crippen LogP contribution in [0.25, 0.3) is 0 Å². The van der Waals surface area contributed by atoms with E-state index in [1.54, 1.807) is 12.1 Å². The Kier molecular flexibility index (Phi) is 3.89. The highest BCUT2D eigenvalue weighted by molar-refractivity contribution is 5.20. The lowest BCUT2D eigenvalue weighted by atomic mass is 9.99. The summed E-state index contributed by atoms with van der Waals surface area (Å²) in [7, 11) is 0. The van der Waals surface area contributed by atoms with Gasteiger partial charge in [0.2, 0.25) is 0 Å². The molecule has 0 saturated carbocycles. The van der Waals surface area contributed by atoms with E-state index < -0.39 is 0 Å². The maximum Gasteiger partial charge on any atom is 0.128 e. The number of rotatable bonds is 4. The minimum atomic E-state index is -0.295. The number of benzene rings is 2. The molecule has 0 aromatic heterocycles. The van der Waals surface area contributed by atoms with Crippen LogP contribution in [-0.2, 0) is 6.42 Å². The van der Waals surface area contributed by atoms with Crippen LogP contribution in [0.2, 0.25) is 0 Å². The number of nitrogens with two attached hydrogens (primary N) is 1. The normalized spacial score (nSPS) is 12.4. The zero-order valence-corrected chi connectivity index (χ0v) is 9.57. The molecule has 0 spiro atoms. The molecule has 0 aliphatic heterocycles. The molecular weight excluding hydrogens is 213 g/mol. The smallest absolute Gasteiger partial charge is 0.128 e. The standard InChI is InChI=1S/C15H15FN/c16-14-9-5-4-8-13(14)15(17)11-10-12-6-2-1-3-7-12/h1-7,9,15H,10-11,17H2/t15-/m1/s1. The Morgan fingerprint density at radius 2 is 1.88 bits per heavy atom. The molecule has 2 rings (SSSR count). The van der Waals surface area contributed by atoms with Gasteiger partial charge in [0, 0.05) is 11.6 Å². The van der Waals surface area contributed by atoms with E-state index in [2.05, 4.69) is 18.2 Å². The molecule has 1 nitrogen and oxygen atoms in total. The summed E-state index contributed by atoms with van der Waals surface area (Å²) in [6.07, 6.45) is 1.58. The summed E-state index contributed by atoms with van der Waals surface area (Å²) in [4.78, 5) is 0. The summed E-state index contributed by atoms with van der Waals surface area (Å²) in [6.45, 7) is 0. The lowest BCUT2D eigenvalue weighted by Gasteiger charge is -2.12. The van der Waals surface area contributed by atoms with Crippen molar-refractivity contribution in [3.8, 4) is 0 Å². The van der Waals surface area contributed by atoms with Gasteiger partial charge in [0.25, 0.3) is 0 Å². The molecule has 0 aliphatic carbocycles. The highest BCUT2D eigenvalue weighted by Crippen LogP contribution is 2.18. The Labute approximate surface area is 101 Å². The predicted octanol–water partition coefficient (Wildman–Crippen LogP) is 3.26. The van der Waals surface area contributed by atoms with E-state index in [-0.39, 0.29) is 11.9 Å². The van der Waals surface area contributed by atoms with Gasteiger partial charge in [0.15, 0.2) is 0 Å². The summed E-state index contributed by atoms with van der Waals surface area (Å²) in [5.41, 5.74) is 7.67. The molecule has 0 saturated heterocycles. The van der Waals surface area contributed by atoms with Crippen LogP contribution in [0.4, 0.5) is 4.39 Å². The molecule has 2 heteroatoms. The van der Waals surface area contributed by atoms with E-state index in [0.29, 0.717) is 5.56 Å². The molecule has 1 radical (unpaired) electrons. The predicted molar refractivity (Wildman–Crippen MR) is 66.9 cm³/mol. The quantitative estimate of drug-likeness (QED) is 0.854. The first-order valence-corrected chi connectivity index (χ1v) is 5.73. The summed E-state index contributed by atoms with van der Waals surface area (Å²) in [5.74, 6) is -0.270. The molecule has 0 bridgehead atoms. The molecule has 17 heavy (non-hydrogen) atoms. The van der Waals surface area contributed by atoms with Gasteiger partial charge in [-0.15, -0.1) is 0 Å². The van der Waals surface area contributed by atoms with Gasteiger partial charge in [-0.3, -0.25) is 0 Å². The third-order valence-electron chi connectivity index (χ3n) is 2.79. The fourth-order valence-electron chi connectivity index (χ4n) is 1.82. The Morgan fingerprint density at radius 3 is 2.59 bits per heavy atom. The van der Waals surface area contributed by atoms with Crippen molar-refractivity contribution in [2.45, 2.75) is 18.9 Å². The summed E-state index contributed by atoms with van der Waals surface area (Å²) in [6, 6.07) is 17.4. The van der Waals surface area contributed by atoms with E-state index in [1.165, 1.54) is 11.6 Å². The molecule has 2 N–H and O–H groups in total. The van der Waals surface area contributed by atoms with Crippen molar-refractivity contribution in [1.29, 1.82) is 0 Å². The number of aryl methyl sites for hydroxylation is 1. The molecule has 0 fully saturated rings. The molecule has 2 aromatic carbocycles. The minimum absolute atomic E-state index is 0.270. The SMILES string of the molecule is N[C@H](CCc1ccccc1)c1[c]cccc1F. The third kappa shape index (κ3) is 3.14. The second-order valence-corrected chi connectivity index (χ2v) is 4.06. The molecule has 2 aromatic rings. The van der Waals surface area contributed by atoms with Crippen molar-refractivity contribution < 1.29 is 4.39 Å². The minimum Gasteiger partial charge on any atom is -0.324 e. The Morgan fingerprint density at radius 1 is 1.12 bits per heavy atom. The monoisotopic (exact) mass is 228 g/mol. The van der Waals surface area contributed by atoms with Crippen molar-refractivity contribution in [3.63, 3.8) is 0 Å². The first-order chi connectivity index (χ1) is 8.27. The first-order valence-electron chi connectivity index (χ1n) is 5.73. The van der Waals surface area contributed by atoms with Crippen molar-refractivity contribution >= 4 is 0 Å². The van der Waals surface area contributed by atoms with Crippen LogP contribution in [0.15, 0.2) is 48.5 Å². The number of hydrogen-bond donors (Lipinski definition) is 1. The van der Waals surface area contributed by atoms with Crippen molar-refractivity contribution in [2.24, 2.45) is 5.73 Å². The topological polar surface area (TPSA) is 26.0 Å². The van der Waals surface area contributed by atoms with Crippen LogP contribution in [0.5, 0.6) is 0 Å². The lowest BCUT2D eigenvalue weighted by molar-refractivity contribution is 0.563. The van der Waals surface area contributed by atoms with Gasteiger partial charge in [-0.25, -0.2) is 4.39 Å². The zero-order valence-electron chi connectivity index (χ0n) is 9.57. The van der Waals surface area contributed by atoms with Crippen molar-refractivity contribution in [1.82, 2.24) is 0 Å². The van der Waals surface area contributed by atoms with E-state index in [4.69, 9.17) is 5.73 Å². The van der Waals surface area contributed by atoms with Crippen LogP contribution in [0.3, 0.4) is 0 Å². The summed E-state index contributed by atoms with van der Waals surface area (Å²) in [5, 5.41) is 0. The van der Waals surface area contributed by atoms with Gasteiger partial charge in [-0.05, 0) is 30.5 Å². The van der Waals surface area contributed by atoms with Gasteiger partial charge >= 0.3 is 0 Å². The first kappa shape index (κ1) is 11.8. The van der Waals surface area contributed by atoms with Crippen LogP contribution in [0, 0.1) is 11.9 Å². The Balaban J connectivity index is 1.99. The molecule has 1 atom stereocenters. The summed E-state index contributed by atoms with van der Waals surface area (Å²) >= 11 is 0. The molecular formula is C15H15FN. The second kappa shape index (κ2) is 5.60. The second-order valence-electron chi connectivity index (χ2n) is 4.06. The van der Waals surface area contributed by atoms with Crippen LogP contribution in [-0.4, -0.2) is 0 Å². The van der Waals surface area contributed by atoms with E-state index in [9.17, 15) is 4.39 Å². The van der Waals surface area contributed by atoms with Gasteiger partial charge in [-0.2, -0.15) is 0 Å². The van der Waals surface area contributed by atoms with Crippen LogP contribution < -0.4 is 5.73 Å². The van der Waals surface area contributed by atoms with E-state index in [0.717, 1.165) is 12.8 Å².